The van der Waals surface area contributed by atoms with Gasteiger partial charge < -0.3 is 0 Å². The average molecular weight is 291 g/mol. The Balaban J connectivity index is 2.40. The lowest BCUT2D eigenvalue weighted by Crippen LogP contribution is -1.97. The van der Waals surface area contributed by atoms with Gasteiger partial charge in [0.25, 0.3) is 0 Å². The molecule has 88 valence electrons. The van der Waals surface area contributed by atoms with Crippen LogP contribution < -0.4 is 0 Å². The van der Waals surface area contributed by atoms with Crippen molar-refractivity contribution in [3.05, 3.63) is 46.3 Å². The number of nitrogens with zero attached hydrogens (tertiary/aromatic N) is 2. The summed E-state index contributed by atoms with van der Waals surface area (Å²) in [5.41, 5.74) is 3.38. The molecule has 0 radical (unpaired) electrons. The Bertz CT molecular complexity index is 506. The largest absolute Gasteiger partial charge is 0.233 e. The van der Waals surface area contributed by atoms with E-state index in [-0.39, 0.29) is 0 Å². The molecule has 0 amide bonds. The molecule has 1 aromatic heterocycles. The van der Waals surface area contributed by atoms with Crippen LogP contribution in [0.4, 0.5) is 0 Å². The molecule has 2 rings (SSSR count). The minimum atomic E-state index is 0.853. The molecule has 1 heterocycles. The molecule has 0 aliphatic heterocycles. The monoisotopic (exact) mass is 290 g/mol. The first-order valence-electron chi connectivity index (χ1n) is 5.79. The fourth-order valence-electron chi connectivity index (χ4n) is 1.67. The van der Waals surface area contributed by atoms with Gasteiger partial charge in [-0.25, -0.2) is 9.97 Å². The highest BCUT2D eigenvalue weighted by Crippen LogP contribution is 2.21. The SMILES string of the molecule is CCCc1nc(Br)cc(-c2ccc(C)cc2)n1. The summed E-state index contributed by atoms with van der Waals surface area (Å²) < 4.78 is 0.853. The van der Waals surface area contributed by atoms with E-state index in [2.05, 4.69) is 64.0 Å². The first-order valence-corrected chi connectivity index (χ1v) is 6.59. The first-order chi connectivity index (χ1) is 8.19. The highest BCUT2D eigenvalue weighted by molar-refractivity contribution is 9.10. The quantitative estimate of drug-likeness (QED) is 0.793. The third-order valence-electron chi connectivity index (χ3n) is 2.56. The molecule has 0 aliphatic rings. The van der Waals surface area contributed by atoms with Crippen LogP contribution in [0.5, 0.6) is 0 Å². The van der Waals surface area contributed by atoms with Crippen molar-refractivity contribution in [2.24, 2.45) is 0 Å². The Hall–Kier alpha value is -1.22. The zero-order chi connectivity index (χ0) is 12.3. The highest BCUT2D eigenvalue weighted by Gasteiger charge is 2.04. The molecule has 0 fully saturated rings. The Kier molecular flexibility index (Phi) is 3.89. The lowest BCUT2D eigenvalue weighted by Gasteiger charge is -2.05. The van der Waals surface area contributed by atoms with Gasteiger partial charge in [-0.15, -0.1) is 0 Å². The van der Waals surface area contributed by atoms with E-state index in [4.69, 9.17) is 0 Å². The molecule has 0 N–H and O–H groups in total. The summed E-state index contributed by atoms with van der Waals surface area (Å²) in [6, 6.07) is 10.4. The maximum Gasteiger partial charge on any atom is 0.130 e. The van der Waals surface area contributed by atoms with Gasteiger partial charge in [-0.1, -0.05) is 36.8 Å². The van der Waals surface area contributed by atoms with Crippen LogP contribution in [0.1, 0.15) is 24.7 Å². The number of aromatic nitrogens is 2. The molecule has 0 saturated carbocycles. The van der Waals surface area contributed by atoms with Crippen molar-refractivity contribution in [1.29, 1.82) is 0 Å². The van der Waals surface area contributed by atoms with E-state index in [1.54, 1.807) is 0 Å². The lowest BCUT2D eigenvalue weighted by molar-refractivity contribution is 0.831. The second kappa shape index (κ2) is 5.41. The standard InChI is InChI=1S/C14H15BrN2/c1-3-4-14-16-12(9-13(15)17-14)11-7-5-10(2)6-8-11/h5-9H,3-4H2,1-2H3. The van der Waals surface area contributed by atoms with Crippen LogP contribution in [-0.2, 0) is 6.42 Å². The Morgan fingerprint density at radius 3 is 2.47 bits per heavy atom. The predicted octanol–water partition coefficient (Wildman–Crippen LogP) is 4.17. The molecule has 0 spiro atoms. The summed E-state index contributed by atoms with van der Waals surface area (Å²) in [6.07, 6.45) is 1.97. The fourth-order valence-corrected chi connectivity index (χ4v) is 2.09. The van der Waals surface area contributed by atoms with E-state index in [0.29, 0.717) is 0 Å². The number of halogens is 1. The minimum absolute atomic E-state index is 0.853. The van der Waals surface area contributed by atoms with Crippen LogP contribution in [0, 0.1) is 6.92 Å². The highest BCUT2D eigenvalue weighted by atomic mass is 79.9. The topological polar surface area (TPSA) is 25.8 Å². The molecular weight excluding hydrogens is 276 g/mol. The second-order valence-corrected chi connectivity index (χ2v) is 4.92. The number of aryl methyl sites for hydroxylation is 2. The van der Waals surface area contributed by atoms with E-state index in [0.717, 1.165) is 34.5 Å². The van der Waals surface area contributed by atoms with Crippen molar-refractivity contribution in [2.45, 2.75) is 26.7 Å². The molecular formula is C14H15BrN2. The number of benzene rings is 1. The summed E-state index contributed by atoms with van der Waals surface area (Å²) in [5.74, 6) is 0.900. The second-order valence-electron chi connectivity index (χ2n) is 4.11. The van der Waals surface area contributed by atoms with E-state index >= 15 is 0 Å². The molecule has 3 heteroatoms. The van der Waals surface area contributed by atoms with Crippen LogP contribution in [0.15, 0.2) is 34.9 Å². The molecule has 0 aliphatic carbocycles. The summed E-state index contributed by atoms with van der Waals surface area (Å²) in [6.45, 7) is 4.22. The zero-order valence-corrected chi connectivity index (χ0v) is 11.7. The van der Waals surface area contributed by atoms with Gasteiger partial charge in [0.05, 0.1) is 5.69 Å². The third-order valence-corrected chi connectivity index (χ3v) is 2.97. The Morgan fingerprint density at radius 2 is 1.82 bits per heavy atom. The Morgan fingerprint density at radius 1 is 1.12 bits per heavy atom. The molecule has 0 bridgehead atoms. The van der Waals surface area contributed by atoms with Gasteiger partial charge in [0.1, 0.15) is 10.4 Å². The summed E-state index contributed by atoms with van der Waals surface area (Å²) in [4.78, 5) is 8.95. The van der Waals surface area contributed by atoms with Crippen molar-refractivity contribution in [3.8, 4) is 11.3 Å². The predicted molar refractivity (Wildman–Crippen MR) is 73.9 cm³/mol. The van der Waals surface area contributed by atoms with Gasteiger partial charge in [0.2, 0.25) is 0 Å². The van der Waals surface area contributed by atoms with Crippen LogP contribution in [0.25, 0.3) is 11.3 Å². The average Bonchev–Trinajstić information content (AvgIpc) is 2.29. The third kappa shape index (κ3) is 3.13. The first kappa shape index (κ1) is 12.2. The van der Waals surface area contributed by atoms with Crippen LogP contribution >= 0.6 is 15.9 Å². The molecule has 1 aromatic carbocycles. The van der Waals surface area contributed by atoms with Crippen molar-refractivity contribution in [1.82, 2.24) is 9.97 Å². The van der Waals surface area contributed by atoms with Gasteiger partial charge in [0.15, 0.2) is 0 Å². The minimum Gasteiger partial charge on any atom is -0.233 e. The number of hydrogen-bond acceptors (Lipinski definition) is 2. The van der Waals surface area contributed by atoms with Gasteiger partial charge in [-0.05, 0) is 35.3 Å². The fraction of sp³-hybridized carbons (Fsp3) is 0.286. The van der Waals surface area contributed by atoms with Crippen molar-refractivity contribution >= 4 is 15.9 Å². The van der Waals surface area contributed by atoms with Crippen LogP contribution in [0.3, 0.4) is 0 Å². The summed E-state index contributed by atoms with van der Waals surface area (Å²) in [5, 5.41) is 0. The molecule has 2 aromatic rings. The normalized spacial score (nSPS) is 10.5. The van der Waals surface area contributed by atoms with E-state index in [1.165, 1.54) is 5.56 Å². The lowest BCUT2D eigenvalue weighted by atomic mass is 10.1. The molecule has 0 atom stereocenters. The van der Waals surface area contributed by atoms with Gasteiger partial charge >= 0.3 is 0 Å². The van der Waals surface area contributed by atoms with E-state index in [9.17, 15) is 0 Å². The molecule has 17 heavy (non-hydrogen) atoms. The zero-order valence-electron chi connectivity index (χ0n) is 10.1. The van der Waals surface area contributed by atoms with Crippen molar-refractivity contribution in [3.63, 3.8) is 0 Å². The maximum absolute atomic E-state index is 4.58. The smallest absolute Gasteiger partial charge is 0.130 e. The van der Waals surface area contributed by atoms with Crippen molar-refractivity contribution < 1.29 is 0 Å². The van der Waals surface area contributed by atoms with Gasteiger partial charge in [-0.3, -0.25) is 0 Å². The maximum atomic E-state index is 4.58. The number of hydrogen-bond donors (Lipinski definition) is 0. The van der Waals surface area contributed by atoms with Crippen LogP contribution in [-0.4, -0.2) is 9.97 Å². The van der Waals surface area contributed by atoms with E-state index < -0.39 is 0 Å². The van der Waals surface area contributed by atoms with Gasteiger partial charge in [-0.2, -0.15) is 0 Å². The molecule has 2 nitrogen and oxygen atoms in total. The summed E-state index contributed by atoms with van der Waals surface area (Å²) >= 11 is 3.44. The van der Waals surface area contributed by atoms with Crippen molar-refractivity contribution in [2.75, 3.05) is 0 Å². The summed E-state index contributed by atoms with van der Waals surface area (Å²) in [7, 11) is 0. The number of rotatable bonds is 3. The Labute approximate surface area is 110 Å². The molecule has 0 unspecified atom stereocenters. The van der Waals surface area contributed by atoms with Gasteiger partial charge in [0, 0.05) is 12.0 Å². The molecule has 0 saturated heterocycles. The van der Waals surface area contributed by atoms with E-state index in [1.807, 2.05) is 6.07 Å². The van der Waals surface area contributed by atoms with Crippen LogP contribution in [0.2, 0.25) is 0 Å².